The molecule has 4 nitrogen and oxygen atoms in total. The zero-order valence-corrected chi connectivity index (χ0v) is 6.94. The van der Waals surface area contributed by atoms with Crippen LogP contribution >= 0.6 is 0 Å². The molecular weight excluding hydrogens is 166 g/mol. The molecule has 1 atom stereocenters. The molecule has 0 aromatic rings. The standard InChI is InChI=1S/C6H9NO3S/c1-6-4-2-3-5-10-11(8,9)7-6/h6-7H,3,5H2,1H3. The summed E-state index contributed by atoms with van der Waals surface area (Å²) in [5.74, 6) is 5.49. The molecule has 0 fully saturated rings. The van der Waals surface area contributed by atoms with Gasteiger partial charge in [-0.3, -0.25) is 4.18 Å². The normalized spacial score (nSPS) is 29.4. The van der Waals surface area contributed by atoms with Crippen LogP contribution in [0, 0.1) is 11.8 Å². The lowest BCUT2D eigenvalue weighted by atomic mass is 10.3. The van der Waals surface area contributed by atoms with Crippen LogP contribution in [0.1, 0.15) is 13.3 Å². The number of rotatable bonds is 0. The Bertz CT molecular complexity index is 285. The van der Waals surface area contributed by atoms with Gasteiger partial charge in [0.15, 0.2) is 0 Å². The van der Waals surface area contributed by atoms with Crippen molar-refractivity contribution in [3.8, 4) is 11.8 Å². The van der Waals surface area contributed by atoms with Gasteiger partial charge in [0.25, 0.3) is 0 Å². The third-order valence-electron chi connectivity index (χ3n) is 1.11. The molecule has 0 aliphatic carbocycles. The summed E-state index contributed by atoms with van der Waals surface area (Å²) in [5, 5.41) is 0. The summed E-state index contributed by atoms with van der Waals surface area (Å²) in [6, 6.07) is -0.361. The SMILES string of the molecule is CC1C#CCCOS(=O)(=O)N1. The lowest BCUT2D eigenvalue weighted by Gasteiger charge is -2.09. The first-order valence-electron chi connectivity index (χ1n) is 3.25. The van der Waals surface area contributed by atoms with Gasteiger partial charge in [0.05, 0.1) is 12.6 Å². The topological polar surface area (TPSA) is 55.4 Å². The van der Waals surface area contributed by atoms with Crippen LogP contribution in [0.25, 0.3) is 0 Å². The van der Waals surface area contributed by atoms with E-state index < -0.39 is 10.3 Å². The lowest BCUT2D eigenvalue weighted by molar-refractivity contribution is 0.316. The number of hydrogen-bond acceptors (Lipinski definition) is 3. The minimum atomic E-state index is -3.54. The van der Waals surface area contributed by atoms with Gasteiger partial charge in [-0.15, -0.1) is 0 Å². The molecule has 0 spiro atoms. The predicted octanol–water partition coefficient (Wildman–Crippen LogP) is -0.367. The van der Waals surface area contributed by atoms with Crippen molar-refractivity contribution >= 4 is 10.3 Å². The molecule has 1 rings (SSSR count). The zero-order chi connectivity index (χ0) is 8.32. The molecular formula is C6H9NO3S. The van der Waals surface area contributed by atoms with Gasteiger partial charge in [-0.05, 0) is 6.92 Å². The van der Waals surface area contributed by atoms with Gasteiger partial charge >= 0.3 is 10.3 Å². The summed E-state index contributed by atoms with van der Waals surface area (Å²) in [4.78, 5) is 0. The summed E-state index contributed by atoms with van der Waals surface area (Å²) in [5.41, 5.74) is 0. The molecule has 0 aromatic carbocycles. The summed E-state index contributed by atoms with van der Waals surface area (Å²) in [6.45, 7) is 1.80. The van der Waals surface area contributed by atoms with E-state index >= 15 is 0 Å². The van der Waals surface area contributed by atoms with Crippen molar-refractivity contribution < 1.29 is 12.6 Å². The Morgan fingerprint density at radius 2 is 2.36 bits per heavy atom. The maximum Gasteiger partial charge on any atom is 0.336 e. The van der Waals surface area contributed by atoms with Gasteiger partial charge < -0.3 is 0 Å². The second kappa shape index (κ2) is 3.22. The second-order valence-electron chi connectivity index (χ2n) is 2.19. The van der Waals surface area contributed by atoms with E-state index in [2.05, 4.69) is 20.7 Å². The second-order valence-corrected chi connectivity index (χ2v) is 3.57. The molecule has 5 heteroatoms. The van der Waals surface area contributed by atoms with Crippen LogP contribution in [0.5, 0.6) is 0 Å². The van der Waals surface area contributed by atoms with E-state index in [-0.39, 0.29) is 12.6 Å². The van der Waals surface area contributed by atoms with Crippen molar-refractivity contribution in [3.63, 3.8) is 0 Å². The van der Waals surface area contributed by atoms with Gasteiger partial charge in [0, 0.05) is 6.42 Å². The van der Waals surface area contributed by atoms with E-state index in [1.807, 2.05) is 0 Å². The molecule has 1 aliphatic heterocycles. The Morgan fingerprint density at radius 3 is 3.09 bits per heavy atom. The molecule has 1 N–H and O–H groups in total. The van der Waals surface area contributed by atoms with Gasteiger partial charge in [-0.25, -0.2) is 0 Å². The maximum absolute atomic E-state index is 10.8. The summed E-state index contributed by atoms with van der Waals surface area (Å²) >= 11 is 0. The molecule has 1 aliphatic rings. The van der Waals surface area contributed by atoms with E-state index in [0.717, 1.165) is 0 Å². The Kier molecular flexibility index (Phi) is 2.49. The molecule has 0 amide bonds. The number of nitrogens with one attached hydrogen (secondary N) is 1. The summed E-state index contributed by atoms with van der Waals surface area (Å²) < 4.78 is 28.4. The van der Waals surface area contributed by atoms with Crippen molar-refractivity contribution in [2.45, 2.75) is 19.4 Å². The molecule has 0 aromatic heterocycles. The van der Waals surface area contributed by atoms with Crippen molar-refractivity contribution in [3.05, 3.63) is 0 Å². The Balaban J connectivity index is 2.76. The highest BCUT2D eigenvalue weighted by atomic mass is 32.2. The molecule has 11 heavy (non-hydrogen) atoms. The minimum absolute atomic E-state index is 0.134. The van der Waals surface area contributed by atoms with E-state index in [1.165, 1.54) is 0 Å². The number of hydrogen-bond donors (Lipinski definition) is 1. The quantitative estimate of drug-likeness (QED) is 0.511. The highest BCUT2D eigenvalue weighted by Crippen LogP contribution is 1.95. The first kappa shape index (κ1) is 8.53. The third-order valence-corrected chi connectivity index (χ3v) is 2.22. The summed E-state index contributed by atoms with van der Waals surface area (Å²) in [7, 11) is -3.54. The molecule has 0 bridgehead atoms. The Labute approximate surface area is 66.2 Å². The highest BCUT2D eigenvalue weighted by Gasteiger charge is 2.13. The minimum Gasteiger partial charge on any atom is -0.257 e. The van der Waals surface area contributed by atoms with Crippen LogP contribution in [-0.4, -0.2) is 21.1 Å². The average Bonchev–Trinajstić information content (AvgIpc) is 1.82. The smallest absolute Gasteiger partial charge is 0.257 e. The van der Waals surface area contributed by atoms with Crippen LogP contribution in [0.3, 0.4) is 0 Å². The molecule has 1 heterocycles. The zero-order valence-electron chi connectivity index (χ0n) is 6.12. The highest BCUT2D eigenvalue weighted by molar-refractivity contribution is 7.84. The first-order valence-corrected chi connectivity index (χ1v) is 4.66. The van der Waals surface area contributed by atoms with Crippen LogP contribution in [-0.2, 0) is 14.5 Å². The average molecular weight is 175 g/mol. The van der Waals surface area contributed by atoms with Gasteiger partial charge in [-0.1, -0.05) is 11.8 Å². The van der Waals surface area contributed by atoms with Crippen molar-refractivity contribution in [1.29, 1.82) is 0 Å². The van der Waals surface area contributed by atoms with Crippen LogP contribution in [0.4, 0.5) is 0 Å². The van der Waals surface area contributed by atoms with Gasteiger partial charge in [-0.2, -0.15) is 13.1 Å². The largest absolute Gasteiger partial charge is 0.336 e. The van der Waals surface area contributed by atoms with E-state index in [4.69, 9.17) is 0 Å². The van der Waals surface area contributed by atoms with Gasteiger partial charge in [0.2, 0.25) is 0 Å². The molecule has 62 valence electrons. The van der Waals surface area contributed by atoms with Crippen molar-refractivity contribution in [2.24, 2.45) is 0 Å². The van der Waals surface area contributed by atoms with Gasteiger partial charge in [0.1, 0.15) is 0 Å². The molecule has 1 unspecified atom stereocenters. The monoisotopic (exact) mass is 175 g/mol. The van der Waals surface area contributed by atoms with Crippen molar-refractivity contribution in [2.75, 3.05) is 6.61 Å². The maximum atomic E-state index is 10.8. The van der Waals surface area contributed by atoms with Crippen LogP contribution in [0.15, 0.2) is 0 Å². The van der Waals surface area contributed by atoms with E-state index in [1.54, 1.807) is 6.92 Å². The fraction of sp³-hybridized carbons (Fsp3) is 0.667. The lowest BCUT2D eigenvalue weighted by Crippen LogP contribution is -2.34. The third kappa shape index (κ3) is 2.89. The fourth-order valence-electron chi connectivity index (χ4n) is 0.708. The first-order chi connectivity index (χ1) is 5.10. The Hall–Kier alpha value is -0.570. The molecule has 0 radical (unpaired) electrons. The summed E-state index contributed by atoms with van der Waals surface area (Å²) in [6.07, 6.45) is 0.464. The van der Waals surface area contributed by atoms with E-state index in [0.29, 0.717) is 6.42 Å². The van der Waals surface area contributed by atoms with Crippen molar-refractivity contribution in [1.82, 2.24) is 4.72 Å². The molecule has 0 saturated heterocycles. The van der Waals surface area contributed by atoms with Crippen LogP contribution < -0.4 is 4.72 Å². The van der Waals surface area contributed by atoms with Crippen LogP contribution in [0.2, 0.25) is 0 Å². The predicted molar refractivity (Wildman–Crippen MR) is 39.9 cm³/mol. The molecule has 0 saturated carbocycles. The Morgan fingerprint density at radius 1 is 1.64 bits per heavy atom. The fourth-order valence-corrected chi connectivity index (χ4v) is 1.57. The van der Waals surface area contributed by atoms with E-state index in [9.17, 15) is 8.42 Å².